The Kier molecular flexibility index (Phi) is 4.36. The molecule has 3 aromatic rings. The van der Waals surface area contributed by atoms with E-state index in [1.54, 1.807) is 38.1 Å². The van der Waals surface area contributed by atoms with Crippen molar-refractivity contribution >= 4 is 5.97 Å². The summed E-state index contributed by atoms with van der Waals surface area (Å²) in [4.78, 5) is 12.8. The van der Waals surface area contributed by atoms with Gasteiger partial charge in [-0.15, -0.1) is 0 Å². The zero-order valence-corrected chi connectivity index (χ0v) is 16.8. The van der Waals surface area contributed by atoms with Crippen LogP contribution >= 0.6 is 0 Å². The molecule has 0 amide bonds. The molecule has 0 aromatic heterocycles. The third kappa shape index (κ3) is 2.69. The van der Waals surface area contributed by atoms with E-state index in [1.807, 2.05) is 0 Å². The molecule has 0 saturated carbocycles. The Labute approximate surface area is 177 Å². The maximum atomic E-state index is 14.9. The summed E-state index contributed by atoms with van der Waals surface area (Å²) in [7, 11) is 0. The maximum Gasteiger partial charge on any atom is 0.340 e. The molecule has 0 N–H and O–H groups in total. The van der Waals surface area contributed by atoms with Gasteiger partial charge in [-0.25, -0.2) is 13.6 Å². The van der Waals surface area contributed by atoms with Crippen LogP contribution in [0.15, 0.2) is 48.5 Å². The van der Waals surface area contributed by atoms with Crippen molar-refractivity contribution in [2.45, 2.75) is 19.4 Å². The minimum Gasteiger partial charge on any atom is -0.491 e. The lowest BCUT2D eigenvalue weighted by Gasteiger charge is -2.36. The molecule has 5 rings (SSSR count). The summed E-state index contributed by atoms with van der Waals surface area (Å²) >= 11 is 0. The van der Waals surface area contributed by atoms with Crippen LogP contribution in [0.3, 0.4) is 0 Å². The molecule has 2 aliphatic heterocycles. The van der Waals surface area contributed by atoms with Gasteiger partial charge in [0.25, 0.3) is 0 Å². The number of esters is 1. The summed E-state index contributed by atoms with van der Waals surface area (Å²) < 4.78 is 52.4. The van der Waals surface area contributed by atoms with E-state index >= 15 is 0 Å². The van der Waals surface area contributed by atoms with Gasteiger partial charge in [-0.1, -0.05) is 18.2 Å². The van der Waals surface area contributed by atoms with E-state index < -0.39 is 23.2 Å². The SMILES string of the molecule is CCOc1cc2c(cc1F)C1(OC(=O)c3ccccc31)c1cc(F)c(OCC)cc1O2. The predicted molar refractivity (Wildman–Crippen MR) is 107 cm³/mol. The van der Waals surface area contributed by atoms with Crippen LogP contribution in [0.4, 0.5) is 8.78 Å². The monoisotopic (exact) mass is 424 g/mol. The summed E-state index contributed by atoms with van der Waals surface area (Å²) in [6.45, 7) is 4.00. The molecule has 0 aliphatic carbocycles. The van der Waals surface area contributed by atoms with Crippen LogP contribution in [-0.2, 0) is 10.3 Å². The maximum absolute atomic E-state index is 14.9. The number of fused-ring (bicyclic) bond motifs is 6. The molecule has 7 heteroatoms. The Bertz CT molecular complexity index is 1160. The van der Waals surface area contributed by atoms with E-state index in [0.717, 1.165) is 0 Å². The number of hydrogen-bond acceptors (Lipinski definition) is 5. The van der Waals surface area contributed by atoms with Crippen LogP contribution in [-0.4, -0.2) is 19.2 Å². The van der Waals surface area contributed by atoms with Gasteiger partial charge in [0.15, 0.2) is 28.7 Å². The minimum absolute atomic E-state index is 0.00426. The van der Waals surface area contributed by atoms with Gasteiger partial charge in [0.1, 0.15) is 11.5 Å². The van der Waals surface area contributed by atoms with Crippen LogP contribution in [0, 0.1) is 11.6 Å². The van der Waals surface area contributed by atoms with Crippen LogP contribution in [0.25, 0.3) is 0 Å². The van der Waals surface area contributed by atoms with Crippen LogP contribution < -0.4 is 14.2 Å². The van der Waals surface area contributed by atoms with Crippen LogP contribution in [0.5, 0.6) is 23.0 Å². The standard InChI is InChI=1S/C24H18F2O5/c1-3-28-21-11-19-15(9-17(21)25)24(14-8-6-5-7-13(14)23(27)31-24)16-10-18(26)22(29-4-2)12-20(16)30-19/h5-12H,3-4H2,1-2H3. The molecule has 0 bridgehead atoms. The highest BCUT2D eigenvalue weighted by Crippen LogP contribution is 2.57. The molecule has 5 nitrogen and oxygen atoms in total. The van der Waals surface area contributed by atoms with Gasteiger partial charge in [0.05, 0.1) is 29.9 Å². The highest BCUT2D eigenvalue weighted by atomic mass is 19.1. The van der Waals surface area contributed by atoms with E-state index in [1.165, 1.54) is 24.3 Å². The fourth-order valence-electron chi connectivity index (χ4n) is 4.20. The van der Waals surface area contributed by atoms with E-state index in [2.05, 4.69) is 0 Å². The van der Waals surface area contributed by atoms with Crippen molar-refractivity contribution in [1.29, 1.82) is 0 Å². The number of carbonyl (C=O) groups is 1. The number of rotatable bonds is 4. The smallest absolute Gasteiger partial charge is 0.340 e. The molecular weight excluding hydrogens is 406 g/mol. The van der Waals surface area contributed by atoms with Gasteiger partial charge in [0, 0.05) is 17.7 Å². The average molecular weight is 424 g/mol. The third-order valence-electron chi connectivity index (χ3n) is 5.42. The van der Waals surface area contributed by atoms with Crippen molar-refractivity contribution in [3.05, 3.63) is 82.4 Å². The van der Waals surface area contributed by atoms with Crippen molar-refractivity contribution < 1.29 is 32.5 Å². The molecule has 0 radical (unpaired) electrons. The Hall–Kier alpha value is -3.61. The van der Waals surface area contributed by atoms with Crippen molar-refractivity contribution in [3.63, 3.8) is 0 Å². The highest BCUT2D eigenvalue weighted by Gasteiger charge is 2.54. The first-order valence-electron chi connectivity index (χ1n) is 9.94. The van der Waals surface area contributed by atoms with Crippen molar-refractivity contribution in [3.8, 4) is 23.0 Å². The lowest BCUT2D eigenvalue weighted by atomic mass is 9.77. The predicted octanol–water partition coefficient (Wildman–Crippen LogP) is 5.33. The first-order valence-corrected chi connectivity index (χ1v) is 9.94. The molecule has 0 atom stereocenters. The molecule has 1 spiro atoms. The number of ether oxygens (including phenoxy) is 4. The molecule has 158 valence electrons. The van der Waals surface area contributed by atoms with E-state index in [4.69, 9.17) is 18.9 Å². The zero-order chi connectivity index (χ0) is 21.8. The molecule has 0 saturated heterocycles. The molecule has 0 fully saturated rings. The summed E-state index contributed by atoms with van der Waals surface area (Å²) in [5.41, 5.74) is -0.248. The largest absolute Gasteiger partial charge is 0.491 e. The number of benzene rings is 3. The number of hydrogen-bond donors (Lipinski definition) is 0. The first-order chi connectivity index (χ1) is 15.0. The van der Waals surface area contributed by atoms with Crippen LogP contribution in [0.1, 0.15) is 40.9 Å². The molecule has 2 heterocycles. The van der Waals surface area contributed by atoms with E-state index in [9.17, 15) is 13.6 Å². The molecule has 0 unspecified atom stereocenters. The van der Waals surface area contributed by atoms with Crippen LogP contribution in [0.2, 0.25) is 0 Å². The second-order valence-electron chi connectivity index (χ2n) is 7.14. The van der Waals surface area contributed by atoms with Gasteiger partial charge in [-0.3, -0.25) is 0 Å². The Morgan fingerprint density at radius 3 is 1.94 bits per heavy atom. The minimum atomic E-state index is -1.56. The zero-order valence-electron chi connectivity index (χ0n) is 16.8. The van der Waals surface area contributed by atoms with Gasteiger partial charge >= 0.3 is 5.97 Å². The summed E-state index contributed by atoms with van der Waals surface area (Å²) in [6, 6.07) is 12.0. The summed E-state index contributed by atoms with van der Waals surface area (Å²) in [5.74, 6) is -1.36. The normalized spacial score (nSPS) is 14.9. The Balaban J connectivity index is 1.84. The van der Waals surface area contributed by atoms with E-state index in [0.29, 0.717) is 11.1 Å². The number of halogens is 2. The Morgan fingerprint density at radius 1 is 0.839 bits per heavy atom. The average Bonchev–Trinajstić information content (AvgIpc) is 3.05. The molecule has 2 aliphatic rings. The lowest BCUT2D eigenvalue weighted by molar-refractivity contribution is 0.0221. The second-order valence-corrected chi connectivity index (χ2v) is 7.14. The van der Waals surface area contributed by atoms with Gasteiger partial charge < -0.3 is 18.9 Å². The lowest BCUT2D eigenvalue weighted by Crippen LogP contribution is -2.33. The molecule has 31 heavy (non-hydrogen) atoms. The third-order valence-corrected chi connectivity index (χ3v) is 5.42. The molecule has 3 aromatic carbocycles. The highest BCUT2D eigenvalue weighted by molar-refractivity contribution is 5.97. The first kappa shape index (κ1) is 19.4. The molecular formula is C24H18F2O5. The fraction of sp³-hybridized carbons (Fsp3) is 0.208. The Morgan fingerprint density at radius 2 is 1.39 bits per heavy atom. The number of carbonyl (C=O) groups excluding carboxylic acids is 1. The summed E-state index contributed by atoms with van der Waals surface area (Å²) in [6.07, 6.45) is 0. The summed E-state index contributed by atoms with van der Waals surface area (Å²) in [5, 5.41) is 0. The van der Waals surface area contributed by atoms with Gasteiger partial charge in [-0.05, 0) is 32.0 Å². The quantitative estimate of drug-likeness (QED) is 0.530. The van der Waals surface area contributed by atoms with Crippen molar-refractivity contribution in [2.24, 2.45) is 0 Å². The topological polar surface area (TPSA) is 54.0 Å². The fourth-order valence-corrected chi connectivity index (χ4v) is 4.20. The van der Waals surface area contributed by atoms with Gasteiger partial charge in [0.2, 0.25) is 0 Å². The van der Waals surface area contributed by atoms with Crippen molar-refractivity contribution in [1.82, 2.24) is 0 Å². The van der Waals surface area contributed by atoms with Gasteiger partial charge in [-0.2, -0.15) is 0 Å². The van der Waals surface area contributed by atoms with E-state index in [-0.39, 0.29) is 47.3 Å². The second kappa shape index (κ2) is 6.97. The van der Waals surface area contributed by atoms with Crippen molar-refractivity contribution in [2.75, 3.05) is 13.2 Å².